The van der Waals surface area contributed by atoms with Crippen molar-refractivity contribution >= 4 is 16.8 Å². The Morgan fingerprint density at radius 1 is 1.28 bits per heavy atom. The first-order valence-corrected chi connectivity index (χ1v) is 6.60. The monoisotopic (exact) mass is 246 g/mol. The van der Waals surface area contributed by atoms with Gasteiger partial charge in [0.25, 0.3) is 0 Å². The Kier molecular flexibility index (Phi) is 2.86. The van der Waals surface area contributed by atoms with Crippen molar-refractivity contribution < 1.29 is 4.42 Å². The number of benzene rings is 1. The molecule has 0 atom stereocenters. The SMILES string of the molecule is CC1CCC(Nc2ccc3oc(=O)[nH]c3c2)CC1. The van der Waals surface area contributed by atoms with E-state index in [-0.39, 0.29) is 0 Å². The first-order chi connectivity index (χ1) is 8.70. The third-order valence-corrected chi connectivity index (χ3v) is 3.81. The van der Waals surface area contributed by atoms with Crippen LogP contribution in [-0.4, -0.2) is 11.0 Å². The lowest BCUT2D eigenvalue weighted by molar-refractivity contribution is 0.361. The van der Waals surface area contributed by atoms with Gasteiger partial charge in [-0.15, -0.1) is 0 Å². The minimum atomic E-state index is -0.395. The number of H-pyrrole nitrogens is 1. The summed E-state index contributed by atoms with van der Waals surface area (Å²) >= 11 is 0. The molecule has 1 aromatic heterocycles. The van der Waals surface area contributed by atoms with Gasteiger partial charge < -0.3 is 9.73 Å². The number of aromatic nitrogens is 1. The lowest BCUT2D eigenvalue weighted by Crippen LogP contribution is -2.25. The van der Waals surface area contributed by atoms with E-state index in [9.17, 15) is 4.79 Å². The minimum Gasteiger partial charge on any atom is -0.408 e. The van der Waals surface area contributed by atoms with E-state index in [2.05, 4.69) is 17.2 Å². The first-order valence-electron chi connectivity index (χ1n) is 6.60. The molecule has 0 bridgehead atoms. The zero-order valence-corrected chi connectivity index (χ0v) is 10.5. The zero-order chi connectivity index (χ0) is 12.5. The second-order valence-electron chi connectivity index (χ2n) is 5.33. The fraction of sp³-hybridized carbons (Fsp3) is 0.500. The van der Waals surface area contributed by atoms with E-state index in [4.69, 9.17) is 4.42 Å². The standard InChI is InChI=1S/C14H18N2O2/c1-9-2-4-10(5-3-9)15-11-6-7-13-12(8-11)16-14(17)18-13/h6-10,15H,2-5H2,1H3,(H,16,17). The molecule has 2 N–H and O–H groups in total. The van der Waals surface area contributed by atoms with Crippen LogP contribution < -0.4 is 11.1 Å². The van der Waals surface area contributed by atoms with Gasteiger partial charge in [0.2, 0.25) is 0 Å². The number of rotatable bonds is 2. The van der Waals surface area contributed by atoms with Crippen molar-refractivity contribution in [1.29, 1.82) is 0 Å². The van der Waals surface area contributed by atoms with Crippen LogP contribution >= 0.6 is 0 Å². The second-order valence-corrected chi connectivity index (χ2v) is 5.33. The maximum Gasteiger partial charge on any atom is 0.417 e. The summed E-state index contributed by atoms with van der Waals surface area (Å²) in [6, 6.07) is 6.30. The van der Waals surface area contributed by atoms with Crippen LogP contribution in [0.4, 0.5) is 5.69 Å². The maximum absolute atomic E-state index is 11.1. The molecule has 0 unspecified atom stereocenters. The number of aromatic amines is 1. The lowest BCUT2D eigenvalue weighted by atomic mass is 9.87. The highest BCUT2D eigenvalue weighted by Crippen LogP contribution is 2.26. The third-order valence-electron chi connectivity index (χ3n) is 3.81. The molecule has 1 aliphatic rings. The quantitative estimate of drug-likeness (QED) is 0.856. The van der Waals surface area contributed by atoms with Gasteiger partial charge in [0, 0.05) is 11.7 Å². The summed E-state index contributed by atoms with van der Waals surface area (Å²) in [5.74, 6) is 0.462. The van der Waals surface area contributed by atoms with Gasteiger partial charge in [0.05, 0.1) is 5.52 Å². The van der Waals surface area contributed by atoms with E-state index in [1.807, 2.05) is 18.2 Å². The molecule has 0 radical (unpaired) electrons. The van der Waals surface area contributed by atoms with E-state index < -0.39 is 5.76 Å². The van der Waals surface area contributed by atoms with Crippen molar-refractivity contribution in [3.05, 3.63) is 28.7 Å². The van der Waals surface area contributed by atoms with Crippen LogP contribution in [0.15, 0.2) is 27.4 Å². The van der Waals surface area contributed by atoms with Crippen LogP contribution in [0.1, 0.15) is 32.6 Å². The molecular weight excluding hydrogens is 228 g/mol. The number of oxazole rings is 1. The highest BCUT2D eigenvalue weighted by molar-refractivity contribution is 5.76. The number of hydrogen-bond donors (Lipinski definition) is 2. The minimum absolute atomic E-state index is 0.395. The molecule has 96 valence electrons. The third kappa shape index (κ3) is 2.28. The molecular formula is C14H18N2O2. The summed E-state index contributed by atoms with van der Waals surface area (Å²) in [7, 11) is 0. The van der Waals surface area contributed by atoms with Crippen LogP contribution in [0.5, 0.6) is 0 Å². The number of hydrogen-bond acceptors (Lipinski definition) is 3. The van der Waals surface area contributed by atoms with Crippen molar-refractivity contribution in [1.82, 2.24) is 4.98 Å². The predicted octanol–water partition coefficient (Wildman–Crippen LogP) is 3.11. The normalized spacial score (nSPS) is 24.3. The average Bonchev–Trinajstić information content (AvgIpc) is 2.71. The lowest BCUT2D eigenvalue weighted by Gasteiger charge is -2.27. The van der Waals surface area contributed by atoms with E-state index in [1.54, 1.807) is 0 Å². The van der Waals surface area contributed by atoms with Crippen molar-refractivity contribution in [3.63, 3.8) is 0 Å². The van der Waals surface area contributed by atoms with Gasteiger partial charge in [-0.2, -0.15) is 0 Å². The summed E-state index contributed by atoms with van der Waals surface area (Å²) in [5, 5.41) is 3.54. The molecule has 0 spiro atoms. The summed E-state index contributed by atoms with van der Waals surface area (Å²) in [6.45, 7) is 2.32. The topological polar surface area (TPSA) is 58.0 Å². The Morgan fingerprint density at radius 3 is 2.83 bits per heavy atom. The van der Waals surface area contributed by atoms with E-state index in [1.165, 1.54) is 25.7 Å². The predicted molar refractivity (Wildman–Crippen MR) is 71.9 cm³/mol. The number of fused-ring (bicyclic) bond motifs is 1. The van der Waals surface area contributed by atoms with Crippen LogP contribution in [-0.2, 0) is 0 Å². The van der Waals surface area contributed by atoms with Gasteiger partial charge in [0.1, 0.15) is 0 Å². The molecule has 1 fully saturated rings. The van der Waals surface area contributed by atoms with Crippen LogP contribution in [0.3, 0.4) is 0 Å². The van der Waals surface area contributed by atoms with Gasteiger partial charge in [-0.3, -0.25) is 4.98 Å². The van der Waals surface area contributed by atoms with E-state index >= 15 is 0 Å². The molecule has 0 aliphatic heterocycles. The van der Waals surface area contributed by atoms with E-state index in [0.29, 0.717) is 11.6 Å². The zero-order valence-electron chi connectivity index (χ0n) is 10.5. The molecule has 0 amide bonds. The largest absolute Gasteiger partial charge is 0.417 e. The van der Waals surface area contributed by atoms with Crippen molar-refractivity contribution in [2.75, 3.05) is 5.32 Å². The molecule has 18 heavy (non-hydrogen) atoms. The molecule has 3 rings (SSSR count). The van der Waals surface area contributed by atoms with Crippen molar-refractivity contribution in [2.45, 2.75) is 38.6 Å². The van der Waals surface area contributed by atoms with Gasteiger partial charge in [-0.1, -0.05) is 6.92 Å². The van der Waals surface area contributed by atoms with Gasteiger partial charge in [0.15, 0.2) is 5.58 Å². The molecule has 4 heteroatoms. The van der Waals surface area contributed by atoms with Crippen LogP contribution in [0, 0.1) is 5.92 Å². The van der Waals surface area contributed by atoms with E-state index in [0.717, 1.165) is 17.1 Å². The smallest absolute Gasteiger partial charge is 0.408 e. The first kappa shape index (κ1) is 11.4. The summed E-state index contributed by atoms with van der Waals surface area (Å²) < 4.78 is 4.99. The van der Waals surface area contributed by atoms with Crippen molar-refractivity contribution in [2.24, 2.45) is 5.92 Å². The second kappa shape index (κ2) is 4.52. The molecule has 2 aromatic rings. The van der Waals surface area contributed by atoms with Crippen molar-refractivity contribution in [3.8, 4) is 0 Å². The number of anilines is 1. The summed E-state index contributed by atoms with van der Waals surface area (Å²) in [6.07, 6.45) is 5.03. The van der Waals surface area contributed by atoms with Crippen LogP contribution in [0.25, 0.3) is 11.1 Å². The molecule has 1 heterocycles. The van der Waals surface area contributed by atoms with Crippen LogP contribution in [0.2, 0.25) is 0 Å². The summed E-state index contributed by atoms with van der Waals surface area (Å²) in [4.78, 5) is 13.8. The fourth-order valence-electron chi connectivity index (χ4n) is 2.68. The molecule has 1 saturated carbocycles. The maximum atomic E-state index is 11.1. The molecule has 1 aromatic carbocycles. The highest BCUT2D eigenvalue weighted by Gasteiger charge is 2.17. The fourth-order valence-corrected chi connectivity index (χ4v) is 2.68. The Bertz CT molecular complexity index is 591. The molecule has 4 nitrogen and oxygen atoms in total. The summed E-state index contributed by atoms with van der Waals surface area (Å²) in [5.41, 5.74) is 2.43. The molecule has 1 aliphatic carbocycles. The Morgan fingerprint density at radius 2 is 2.06 bits per heavy atom. The molecule has 0 saturated heterocycles. The Balaban J connectivity index is 1.76. The van der Waals surface area contributed by atoms with Gasteiger partial charge in [-0.25, -0.2) is 4.79 Å². The Hall–Kier alpha value is -1.71. The Labute approximate surface area is 105 Å². The number of nitrogens with one attached hydrogen (secondary N) is 2. The average molecular weight is 246 g/mol. The van der Waals surface area contributed by atoms with Gasteiger partial charge in [-0.05, 0) is 49.8 Å². The van der Waals surface area contributed by atoms with Gasteiger partial charge >= 0.3 is 5.76 Å². The highest BCUT2D eigenvalue weighted by atomic mass is 16.4.